The molecule has 0 saturated carbocycles. The Labute approximate surface area is 115 Å². The Hall–Kier alpha value is -1.98. The third kappa shape index (κ3) is 2.18. The van der Waals surface area contributed by atoms with Crippen LogP contribution < -0.4 is 5.73 Å². The zero-order valence-electron chi connectivity index (χ0n) is 10.1. The minimum absolute atomic E-state index is 0.508. The maximum atomic E-state index is 5.82. The van der Waals surface area contributed by atoms with Crippen molar-refractivity contribution in [3.05, 3.63) is 47.5 Å². The molecule has 0 bridgehead atoms. The molecule has 0 aliphatic carbocycles. The van der Waals surface area contributed by atoms with Crippen LogP contribution in [-0.4, -0.2) is 26.1 Å². The van der Waals surface area contributed by atoms with Crippen molar-refractivity contribution in [1.29, 1.82) is 0 Å². The second-order valence-corrected chi connectivity index (χ2v) is 4.53. The zero-order chi connectivity index (χ0) is 13.2. The van der Waals surface area contributed by atoms with E-state index in [-0.39, 0.29) is 0 Å². The molecule has 0 radical (unpaired) electrons. The molecule has 5 nitrogen and oxygen atoms in total. The van der Waals surface area contributed by atoms with Crippen LogP contribution in [-0.2, 0) is 6.42 Å². The van der Waals surface area contributed by atoms with Crippen molar-refractivity contribution in [3.63, 3.8) is 0 Å². The molecule has 0 fully saturated rings. The Kier molecular flexibility index (Phi) is 3.15. The SMILES string of the molecule is NCCc1nc2ccccc2n1-c1ncc(Cl)cn1. The lowest BCUT2D eigenvalue weighted by Crippen LogP contribution is -2.10. The summed E-state index contributed by atoms with van der Waals surface area (Å²) in [6.07, 6.45) is 3.82. The minimum atomic E-state index is 0.508. The van der Waals surface area contributed by atoms with Crippen LogP contribution >= 0.6 is 11.6 Å². The molecule has 0 unspecified atom stereocenters. The van der Waals surface area contributed by atoms with Gasteiger partial charge >= 0.3 is 0 Å². The summed E-state index contributed by atoms with van der Waals surface area (Å²) in [5.74, 6) is 1.41. The number of aromatic nitrogens is 4. The Morgan fingerprint density at radius 2 is 1.89 bits per heavy atom. The quantitative estimate of drug-likeness (QED) is 0.792. The Morgan fingerprint density at radius 3 is 2.63 bits per heavy atom. The molecule has 2 heterocycles. The van der Waals surface area contributed by atoms with Crippen molar-refractivity contribution in [1.82, 2.24) is 19.5 Å². The number of hydrogen-bond donors (Lipinski definition) is 1. The lowest BCUT2D eigenvalue weighted by molar-refractivity contribution is 0.816. The Balaban J connectivity index is 2.24. The first-order chi connectivity index (χ1) is 9.29. The average Bonchev–Trinajstić information content (AvgIpc) is 2.78. The number of fused-ring (bicyclic) bond motifs is 1. The van der Waals surface area contributed by atoms with Gasteiger partial charge in [-0.1, -0.05) is 23.7 Å². The molecular weight excluding hydrogens is 262 g/mol. The number of benzene rings is 1. The number of nitrogens with two attached hydrogens (primary N) is 1. The summed E-state index contributed by atoms with van der Waals surface area (Å²) < 4.78 is 1.92. The first-order valence-electron chi connectivity index (χ1n) is 5.94. The first-order valence-corrected chi connectivity index (χ1v) is 6.32. The van der Waals surface area contributed by atoms with Crippen molar-refractivity contribution in [2.24, 2.45) is 5.73 Å². The van der Waals surface area contributed by atoms with E-state index in [1.807, 2.05) is 28.8 Å². The molecule has 6 heteroatoms. The second kappa shape index (κ2) is 4.95. The van der Waals surface area contributed by atoms with Crippen LogP contribution in [0.2, 0.25) is 5.02 Å². The molecule has 2 N–H and O–H groups in total. The fourth-order valence-electron chi connectivity index (χ4n) is 2.02. The van der Waals surface area contributed by atoms with Crippen molar-refractivity contribution < 1.29 is 0 Å². The van der Waals surface area contributed by atoms with Crippen LogP contribution in [0, 0.1) is 0 Å². The molecule has 96 valence electrons. The topological polar surface area (TPSA) is 69.6 Å². The van der Waals surface area contributed by atoms with Crippen molar-refractivity contribution in [2.45, 2.75) is 6.42 Å². The molecule has 3 rings (SSSR count). The van der Waals surface area contributed by atoms with Gasteiger partial charge in [-0.3, -0.25) is 4.57 Å². The van der Waals surface area contributed by atoms with Gasteiger partial charge in [0.25, 0.3) is 0 Å². The molecule has 0 amide bonds. The van der Waals surface area contributed by atoms with E-state index in [0.717, 1.165) is 16.9 Å². The average molecular weight is 274 g/mol. The Bertz CT molecular complexity index is 705. The van der Waals surface area contributed by atoms with Gasteiger partial charge in [-0.15, -0.1) is 0 Å². The highest BCUT2D eigenvalue weighted by atomic mass is 35.5. The van der Waals surface area contributed by atoms with Gasteiger partial charge in [-0.2, -0.15) is 0 Å². The molecular formula is C13H12ClN5. The van der Waals surface area contributed by atoms with Crippen molar-refractivity contribution in [2.75, 3.05) is 6.54 Å². The number of para-hydroxylation sites is 2. The van der Waals surface area contributed by atoms with Crippen LogP contribution in [0.5, 0.6) is 0 Å². The van der Waals surface area contributed by atoms with Crippen LogP contribution in [0.1, 0.15) is 5.82 Å². The van der Waals surface area contributed by atoms with Gasteiger partial charge in [-0.05, 0) is 18.7 Å². The van der Waals surface area contributed by atoms with Crippen LogP contribution in [0.15, 0.2) is 36.7 Å². The highest BCUT2D eigenvalue weighted by Gasteiger charge is 2.13. The van der Waals surface area contributed by atoms with Crippen molar-refractivity contribution >= 4 is 22.6 Å². The predicted molar refractivity (Wildman–Crippen MR) is 74.4 cm³/mol. The lowest BCUT2D eigenvalue weighted by atomic mass is 10.3. The van der Waals surface area contributed by atoms with E-state index in [0.29, 0.717) is 23.9 Å². The molecule has 3 aromatic rings. The largest absolute Gasteiger partial charge is 0.330 e. The number of halogens is 1. The zero-order valence-corrected chi connectivity index (χ0v) is 10.9. The fraction of sp³-hybridized carbons (Fsp3) is 0.154. The summed E-state index contributed by atoms with van der Waals surface area (Å²) in [6, 6.07) is 7.86. The monoisotopic (exact) mass is 273 g/mol. The van der Waals surface area contributed by atoms with E-state index < -0.39 is 0 Å². The van der Waals surface area contributed by atoms with E-state index in [9.17, 15) is 0 Å². The summed E-state index contributed by atoms with van der Waals surface area (Å²) in [5.41, 5.74) is 7.51. The normalized spacial score (nSPS) is 11.1. The van der Waals surface area contributed by atoms with Gasteiger partial charge in [0, 0.05) is 6.42 Å². The molecule has 0 atom stereocenters. The van der Waals surface area contributed by atoms with E-state index in [4.69, 9.17) is 17.3 Å². The number of hydrogen-bond acceptors (Lipinski definition) is 4. The Morgan fingerprint density at radius 1 is 1.16 bits per heavy atom. The highest BCUT2D eigenvalue weighted by Crippen LogP contribution is 2.19. The standard InChI is InChI=1S/C13H12ClN5/c14-9-7-16-13(17-8-9)19-11-4-2-1-3-10(11)18-12(19)5-6-15/h1-4,7-8H,5-6,15H2. The molecule has 2 aromatic heterocycles. The fourth-order valence-corrected chi connectivity index (χ4v) is 2.11. The van der Waals surface area contributed by atoms with E-state index in [1.54, 1.807) is 12.4 Å². The van der Waals surface area contributed by atoms with E-state index >= 15 is 0 Å². The third-order valence-electron chi connectivity index (χ3n) is 2.80. The van der Waals surface area contributed by atoms with Crippen molar-refractivity contribution in [3.8, 4) is 5.95 Å². The number of nitrogens with zero attached hydrogens (tertiary/aromatic N) is 4. The molecule has 1 aromatic carbocycles. The van der Waals surface area contributed by atoms with Gasteiger partial charge in [0.1, 0.15) is 5.82 Å². The van der Waals surface area contributed by atoms with Gasteiger partial charge in [0.2, 0.25) is 5.95 Å². The summed E-state index contributed by atoms with van der Waals surface area (Å²) in [7, 11) is 0. The molecule has 0 aliphatic rings. The molecule has 0 aliphatic heterocycles. The summed E-state index contributed by atoms with van der Waals surface area (Å²) in [6.45, 7) is 0.525. The summed E-state index contributed by atoms with van der Waals surface area (Å²) in [5, 5.41) is 0.508. The predicted octanol–water partition coefficient (Wildman–Crippen LogP) is 1.97. The molecule has 0 spiro atoms. The van der Waals surface area contributed by atoms with Gasteiger partial charge in [0.15, 0.2) is 0 Å². The van der Waals surface area contributed by atoms with Gasteiger partial charge in [0.05, 0.1) is 28.4 Å². The maximum Gasteiger partial charge on any atom is 0.235 e. The number of imidazole rings is 1. The van der Waals surface area contributed by atoms with E-state index in [2.05, 4.69) is 15.0 Å². The maximum absolute atomic E-state index is 5.82. The second-order valence-electron chi connectivity index (χ2n) is 4.09. The smallest absolute Gasteiger partial charge is 0.235 e. The van der Waals surface area contributed by atoms with Crippen LogP contribution in [0.25, 0.3) is 17.0 Å². The van der Waals surface area contributed by atoms with Gasteiger partial charge < -0.3 is 5.73 Å². The highest BCUT2D eigenvalue weighted by molar-refractivity contribution is 6.30. The first kappa shape index (κ1) is 12.1. The van der Waals surface area contributed by atoms with Crippen LogP contribution in [0.4, 0.5) is 0 Å². The minimum Gasteiger partial charge on any atom is -0.330 e. The molecule has 0 saturated heterocycles. The molecule has 19 heavy (non-hydrogen) atoms. The van der Waals surface area contributed by atoms with Crippen LogP contribution in [0.3, 0.4) is 0 Å². The lowest BCUT2D eigenvalue weighted by Gasteiger charge is -2.06. The van der Waals surface area contributed by atoms with E-state index in [1.165, 1.54) is 0 Å². The third-order valence-corrected chi connectivity index (χ3v) is 3.00. The van der Waals surface area contributed by atoms with Gasteiger partial charge in [-0.25, -0.2) is 15.0 Å². The summed E-state index contributed by atoms with van der Waals surface area (Å²) in [4.78, 5) is 13.1. The number of rotatable bonds is 3. The summed E-state index contributed by atoms with van der Waals surface area (Å²) >= 11 is 5.82.